The zero-order valence-corrected chi connectivity index (χ0v) is 8.42. The summed E-state index contributed by atoms with van der Waals surface area (Å²) in [5.41, 5.74) is -1.03. The third-order valence-corrected chi connectivity index (χ3v) is 2.08. The van der Waals surface area contributed by atoms with Gasteiger partial charge in [-0.2, -0.15) is 13.2 Å². The fourth-order valence-corrected chi connectivity index (χ4v) is 1.30. The monoisotopic (exact) mass is 246 g/mol. The van der Waals surface area contributed by atoms with Gasteiger partial charge < -0.3 is 0 Å². The van der Waals surface area contributed by atoms with E-state index in [1.807, 2.05) is 0 Å². The Bertz CT molecular complexity index is 507. The third-order valence-electron chi connectivity index (χ3n) is 1.79. The molecule has 0 aliphatic rings. The van der Waals surface area contributed by atoms with E-state index in [9.17, 15) is 13.2 Å². The zero-order chi connectivity index (χ0) is 11.8. The highest BCUT2D eigenvalue weighted by molar-refractivity contribution is 6.32. The molecular formula is C9H4ClF3N3. The molecule has 2 rings (SSSR count). The molecule has 0 fully saturated rings. The third kappa shape index (κ3) is 2.01. The maximum absolute atomic E-state index is 12.3. The molecule has 0 amide bonds. The number of aromatic nitrogens is 3. The molecule has 16 heavy (non-hydrogen) atoms. The molecular weight excluding hydrogens is 243 g/mol. The van der Waals surface area contributed by atoms with Gasteiger partial charge in [0.05, 0.1) is 5.02 Å². The molecule has 0 aliphatic heterocycles. The van der Waals surface area contributed by atoms with Crippen molar-refractivity contribution in [1.29, 1.82) is 0 Å². The van der Waals surface area contributed by atoms with Gasteiger partial charge in [0, 0.05) is 12.4 Å². The first kappa shape index (κ1) is 10.9. The predicted octanol–water partition coefficient (Wildman–Crippen LogP) is 2.74. The normalized spacial score (nSPS) is 11.8. The second kappa shape index (κ2) is 3.79. The maximum atomic E-state index is 12.3. The summed E-state index contributed by atoms with van der Waals surface area (Å²) in [6.07, 6.45) is -0.123. The Morgan fingerprint density at radius 2 is 2.12 bits per heavy atom. The Balaban J connectivity index is 2.44. The summed E-state index contributed by atoms with van der Waals surface area (Å²) in [7, 11) is 0. The molecule has 1 radical (unpaired) electrons. The molecule has 0 unspecified atom stereocenters. The van der Waals surface area contributed by atoms with Crippen molar-refractivity contribution < 1.29 is 13.2 Å². The van der Waals surface area contributed by atoms with Gasteiger partial charge in [-0.15, -0.1) is 0 Å². The quantitative estimate of drug-likeness (QED) is 0.775. The number of rotatable bonds is 1. The Morgan fingerprint density at radius 3 is 2.69 bits per heavy atom. The lowest BCUT2D eigenvalue weighted by atomic mass is 10.4. The number of pyridine rings is 1. The van der Waals surface area contributed by atoms with E-state index in [0.717, 1.165) is 10.8 Å². The van der Waals surface area contributed by atoms with Crippen molar-refractivity contribution in [2.75, 3.05) is 0 Å². The van der Waals surface area contributed by atoms with Gasteiger partial charge in [0.1, 0.15) is 0 Å². The van der Waals surface area contributed by atoms with E-state index in [1.165, 1.54) is 12.3 Å². The average molecular weight is 247 g/mol. The molecule has 0 aromatic carbocycles. The summed E-state index contributed by atoms with van der Waals surface area (Å²) in [6, 6.07) is 3.10. The van der Waals surface area contributed by atoms with Gasteiger partial charge in [0.25, 0.3) is 0 Å². The molecule has 2 aromatic heterocycles. The highest BCUT2D eigenvalue weighted by Gasteiger charge is 2.33. The molecule has 7 heteroatoms. The summed E-state index contributed by atoms with van der Waals surface area (Å²) in [5, 5.41) is 0.227. The van der Waals surface area contributed by atoms with Crippen LogP contribution in [0.15, 0.2) is 24.5 Å². The Hall–Kier alpha value is -1.56. The summed E-state index contributed by atoms with van der Waals surface area (Å²) >= 11 is 5.77. The highest BCUT2D eigenvalue weighted by atomic mass is 35.5. The van der Waals surface area contributed by atoms with Gasteiger partial charge in [-0.3, -0.25) is 4.57 Å². The van der Waals surface area contributed by atoms with Crippen LogP contribution in [0, 0.1) is 6.33 Å². The lowest BCUT2D eigenvalue weighted by molar-refractivity contribution is -0.140. The molecule has 0 spiro atoms. The molecule has 3 nitrogen and oxygen atoms in total. The van der Waals surface area contributed by atoms with Crippen molar-refractivity contribution in [3.63, 3.8) is 0 Å². The van der Waals surface area contributed by atoms with Gasteiger partial charge in [-0.25, -0.2) is 9.97 Å². The molecule has 2 heterocycles. The van der Waals surface area contributed by atoms with Crippen molar-refractivity contribution in [3.05, 3.63) is 41.6 Å². The first-order chi connectivity index (χ1) is 7.48. The van der Waals surface area contributed by atoms with Gasteiger partial charge in [0.2, 0.25) is 0 Å². The first-order valence-electron chi connectivity index (χ1n) is 4.13. The molecule has 0 saturated carbocycles. The van der Waals surface area contributed by atoms with E-state index in [1.54, 1.807) is 6.07 Å². The number of alkyl halides is 3. The van der Waals surface area contributed by atoms with Crippen LogP contribution < -0.4 is 0 Å². The van der Waals surface area contributed by atoms with Crippen LogP contribution in [-0.2, 0) is 6.18 Å². The summed E-state index contributed by atoms with van der Waals surface area (Å²) < 4.78 is 37.8. The Kier molecular flexibility index (Phi) is 2.59. The van der Waals surface area contributed by atoms with Crippen LogP contribution in [0.4, 0.5) is 13.2 Å². The topological polar surface area (TPSA) is 30.7 Å². The molecule has 0 bridgehead atoms. The van der Waals surface area contributed by atoms with E-state index in [2.05, 4.69) is 16.3 Å². The molecule has 0 saturated heterocycles. The van der Waals surface area contributed by atoms with E-state index in [0.29, 0.717) is 0 Å². The summed E-state index contributed by atoms with van der Waals surface area (Å²) in [5.74, 6) is 0.159. The first-order valence-corrected chi connectivity index (χ1v) is 4.51. The van der Waals surface area contributed by atoms with Crippen molar-refractivity contribution >= 4 is 11.6 Å². The van der Waals surface area contributed by atoms with E-state index in [4.69, 9.17) is 11.6 Å². The SMILES string of the molecule is FC(F)(F)c1cn(-c2ncccc2Cl)[c]n1. The second-order valence-electron chi connectivity index (χ2n) is 2.90. The Morgan fingerprint density at radius 1 is 1.38 bits per heavy atom. The van der Waals surface area contributed by atoms with Crippen LogP contribution in [0.5, 0.6) is 0 Å². The summed E-state index contributed by atoms with van der Waals surface area (Å²) in [4.78, 5) is 6.96. The fourth-order valence-electron chi connectivity index (χ4n) is 1.09. The van der Waals surface area contributed by atoms with E-state index < -0.39 is 11.9 Å². The van der Waals surface area contributed by atoms with E-state index >= 15 is 0 Å². The minimum Gasteiger partial charge on any atom is -0.279 e. The van der Waals surface area contributed by atoms with Gasteiger partial charge in [-0.05, 0) is 12.1 Å². The molecule has 0 aliphatic carbocycles. The van der Waals surface area contributed by atoms with Gasteiger partial charge in [0.15, 0.2) is 17.8 Å². The molecule has 83 valence electrons. The standard InChI is InChI=1S/C9H4ClF3N3/c10-6-2-1-3-14-8(6)16-4-7(15-5-16)9(11,12)13/h1-4H. The van der Waals surface area contributed by atoms with Crippen molar-refractivity contribution in [2.45, 2.75) is 6.18 Å². The van der Waals surface area contributed by atoms with Crippen LogP contribution in [0.3, 0.4) is 0 Å². The Labute approximate surface area is 93.5 Å². The number of nitrogens with zero attached hydrogens (tertiary/aromatic N) is 3. The highest BCUT2D eigenvalue weighted by Crippen LogP contribution is 2.28. The van der Waals surface area contributed by atoms with Crippen LogP contribution in [0.2, 0.25) is 5.02 Å². The second-order valence-corrected chi connectivity index (χ2v) is 3.31. The number of halogens is 4. The van der Waals surface area contributed by atoms with Crippen LogP contribution in [-0.4, -0.2) is 14.5 Å². The molecule has 2 aromatic rings. The van der Waals surface area contributed by atoms with Crippen LogP contribution >= 0.6 is 11.6 Å². The largest absolute Gasteiger partial charge is 0.434 e. The van der Waals surface area contributed by atoms with Gasteiger partial charge >= 0.3 is 6.18 Å². The van der Waals surface area contributed by atoms with Crippen molar-refractivity contribution in [3.8, 4) is 5.82 Å². The minimum absolute atomic E-state index is 0.159. The number of imidazole rings is 1. The predicted molar refractivity (Wildman–Crippen MR) is 50.2 cm³/mol. The number of hydrogen-bond donors (Lipinski definition) is 0. The average Bonchev–Trinajstić information content (AvgIpc) is 2.66. The van der Waals surface area contributed by atoms with Gasteiger partial charge in [-0.1, -0.05) is 11.6 Å². The number of hydrogen-bond acceptors (Lipinski definition) is 2. The van der Waals surface area contributed by atoms with Crippen LogP contribution in [0.25, 0.3) is 5.82 Å². The lowest BCUT2D eigenvalue weighted by Crippen LogP contribution is -2.05. The van der Waals surface area contributed by atoms with Crippen LogP contribution in [0.1, 0.15) is 5.69 Å². The smallest absolute Gasteiger partial charge is 0.279 e. The molecule has 0 atom stereocenters. The zero-order valence-electron chi connectivity index (χ0n) is 7.66. The van der Waals surface area contributed by atoms with Crippen molar-refractivity contribution in [1.82, 2.24) is 14.5 Å². The minimum atomic E-state index is -4.50. The fraction of sp³-hybridized carbons (Fsp3) is 0.111. The van der Waals surface area contributed by atoms with E-state index in [-0.39, 0.29) is 10.8 Å². The summed E-state index contributed by atoms with van der Waals surface area (Å²) in [6.45, 7) is 0. The molecule has 0 N–H and O–H groups in total. The lowest BCUT2D eigenvalue weighted by Gasteiger charge is -2.02. The van der Waals surface area contributed by atoms with Crippen molar-refractivity contribution in [2.24, 2.45) is 0 Å². The maximum Gasteiger partial charge on any atom is 0.434 e.